The van der Waals surface area contributed by atoms with Gasteiger partial charge in [0.25, 0.3) is 11.8 Å². The lowest BCUT2D eigenvalue weighted by Crippen LogP contribution is -2.54. The molecule has 41 heavy (non-hydrogen) atoms. The fraction of sp³-hybridized carbons (Fsp3) is 0.464. The molecule has 1 spiro atoms. The molecule has 3 aliphatic heterocycles. The summed E-state index contributed by atoms with van der Waals surface area (Å²) in [5.41, 5.74) is -1.63. The van der Waals surface area contributed by atoms with Crippen molar-refractivity contribution >= 4 is 75.6 Å². The van der Waals surface area contributed by atoms with Gasteiger partial charge >= 0.3 is 5.97 Å². The minimum atomic E-state index is -3.28. The minimum absolute atomic E-state index is 0.0376. The van der Waals surface area contributed by atoms with E-state index in [2.05, 4.69) is 5.32 Å². The molecule has 2 N–H and O–H groups in total. The number of aliphatic carboxylic acids is 1. The Balaban J connectivity index is 1.54. The van der Waals surface area contributed by atoms with Gasteiger partial charge in [0.2, 0.25) is 5.91 Å². The summed E-state index contributed by atoms with van der Waals surface area (Å²) in [6, 6.07) is 6.06. The molecule has 3 fully saturated rings. The van der Waals surface area contributed by atoms with Gasteiger partial charge in [0.15, 0.2) is 0 Å². The first-order valence-corrected chi connectivity index (χ1v) is 14.8. The molecule has 13 heteroatoms. The smallest absolute Gasteiger partial charge is 0.310 e. The van der Waals surface area contributed by atoms with Crippen molar-refractivity contribution in [3.63, 3.8) is 0 Å². The molecule has 2 saturated heterocycles. The van der Waals surface area contributed by atoms with E-state index in [9.17, 15) is 19.5 Å². The van der Waals surface area contributed by atoms with Gasteiger partial charge in [-0.2, -0.15) is 0 Å². The Kier molecular flexibility index (Phi) is 7.22. The van der Waals surface area contributed by atoms with E-state index < -0.39 is 60.1 Å². The van der Waals surface area contributed by atoms with E-state index in [4.69, 9.17) is 46.4 Å². The molecule has 218 valence electrons. The second-order valence-corrected chi connectivity index (χ2v) is 13.1. The number of benzene rings is 2. The van der Waals surface area contributed by atoms with Crippen molar-refractivity contribution < 1.29 is 28.3 Å². The van der Waals surface area contributed by atoms with E-state index in [0.29, 0.717) is 5.69 Å². The Labute approximate surface area is 254 Å². The summed E-state index contributed by atoms with van der Waals surface area (Å²) in [4.78, 5) is 44.2. The number of alkyl halides is 2. The number of fused-ring (bicyclic) bond motifs is 4. The number of nitrogens with zero attached hydrogens (tertiary/aromatic N) is 2. The van der Waals surface area contributed by atoms with E-state index in [1.165, 1.54) is 28.0 Å². The molecule has 2 amide bonds. The summed E-state index contributed by atoms with van der Waals surface area (Å²) in [6.07, 6.45) is 2.88. The molecule has 1 saturated carbocycles. The third kappa shape index (κ3) is 4.59. The molecule has 4 aliphatic rings. The van der Waals surface area contributed by atoms with Crippen LogP contribution in [0, 0.1) is 17.8 Å². The third-order valence-corrected chi connectivity index (χ3v) is 9.88. The maximum atomic E-state index is 15.2. The van der Waals surface area contributed by atoms with Crippen LogP contribution in [0.5, 0.6) is 0 Å². The number of carbonyl (C=O) groups excluding carboxylic acids is 2. The summed E-state index contributed by atoms with van der Waals surface area (Å²) >= 11 is 25.2. The Hall–Kier alpha value is -2.17. The first-order chi connectivity index (χ1) is 19.3. The molecule has 6 rings (SSSR count). The fourth-order valence-electron chi connectivity index (χ4n) is 7.43. The lowest BCUT2D eigenvalue weighted by Gasteiger charge is -2.36. The number of hydrogen-bond acceptors (Lipinski definition) is 4. The monoisotopic (exact) mass is 645 g/mol. The molecule has 1 aliphatic carbocycles. The highest BCUT2D eigenvalue weighted by Gasteiger charge is 2.74. The van der Waals surface area contributed by atoms with Gasteiger partial charge in [-0.3, -0.25) is 19.3 Å². The van der Waals surface area contributed by atoms with Crippen molar-refractivity contribution in [3.05, 3.63) is 56.0 Å². The van der Waals surface area contributed by atoms with Crippen LogP contribution in [0.2, 0.25) is 20.1 Å². The van der Waals surface area contributed by atoms with Crippen LogP contribution in [-0.2, 0) is 19.9 Å². The fourth-order valence-corrected chi connectivity index (χ4v) is 8.48. The molecule has 3 heterocycles. The number of carboxylic acids is 1. The van der Waals surface area contributed by atoms with Gasteiger partial charge in [-0.1, -0.05) is 59.2 Å². The maximum Gasteiger partial charge on any atom is 0.310 e. The van der Waals surface area contributed by atoms with Crippen LogP contribution in [0.4, 0.5) is 20.2 Å². The zero-order valence-electron chi connectivity index (χ0n) is 21.5. The van der Waals surface area contributed by atoms with Crippen molar-refractivity contribution in [2.45, 2.75) is 49.6 Å². The van der Waals surface area contributed by atoms with Crippen molar-refractivity contribution in [2.75, 3.05) is 23.3 Å². The Morgan fingerprint density at radius 2 is 1.66 bits per heavy atom. The van der Waals surface area contributed by atoms with Gasteiger partial charge in [0.05, 0.1) is 23.2 Å². The number of halogens is 6. The molecule has 0 unspecified atom stereocenters. The predicted octanol–water partition coefficient (Wildman–Crippen LogP) is 6.71. The van der Waals surface area contributed by atoms with E-state index in [1.54, 1.807) is 12.1 Å². The van der Waals surface area contributed by atoms with Crippen LogP contribution < -0.4 is 10.2 Å². The van der Waals surface area contributed by atoms with Crippen LogP contribution >= 0.6 is 46.4 Å². The molecule has 2 aromatic carbocycles. The summed E-state index contributed by atoms with van der Waals surface area (Å²) in [6.45, 7) is -0.678. The highest BCUT2D eigenvalue weighted by Crippen LogP contribution is 2.61. The molecular weight excluding hydrogens is 622 g/mol. The van der Waals surface area contributed by atoms with E-state index >= 15 is 8.78 Å². The van der Waals surface area contributed by atoms with Crippen LogP contribution in [0.1, 0.15) is 37.7 Å². The number of rotatable bonds is 5. The number of hydrogen-bond donors (Lipinski definition) is 2. The Morgan fingerprint density at radius 3 is 2.29 bits per heavy atom. The number of carboxylic acid groups (broad SMARTS) is 1. The molecular formula is C28H25Cl4F2N3O4. The Morgan fingerprint density at radius 1 is 1.02 bits per heavy atom. The van der Waals surface area contributed by atoms with Crippen molar-refractivity contribution in [1.82, 2.24) is 4.90 Å². The summed E-state index contributed by atoms with van der Waals surface area (Å²) in [5, 5.41) is 13.9. The average Bonchev–Trinajstić information content (AvgIpc) is 3.61. The standard InChI is InChI=1S/C28H25Cl4F2N3O4/c29-14-5-15(30)7-17(6-14)36(11-13-3-1-2-4-13)24(38)21-20-10-27(33,34)12-37(20)28(22(21)25(39)40)18-8-16(31)9-19(32)23(18)35-26(28)41/h5-9,13,20-22H,1-4,10-12H2,(H,35,41)(H,39,40)/t20-,21+,22-,28+/m1/s1. The Bertz CT molecular complexity index is 1450. The molecule has 7 nitrogen and oxygen atoms in total. The number of nitrogens with one attached hydrogen (secondary N) is 1. The SMILES string of the molecule is O=C(O)[C@H]1[C@@H](C(=O)N(CC2CCCC2)c2cc(Cl)cc(Cl)c2)[C@H]2CC(F)(F)CN2[C@]12C(=O)Nc1c(Cl)cc(Cl)cc12. The second kappa shape index (κ2) is 10.2. The van der Waals surface area contributed by atoms with E-state index in [1.807, 2.05) is 0 Å². The zero-order chi connectivity index (χ0) is 29.4. The van der Waals surface area contributed by atoms with Gasteiger partial charge in [0, 0.05) is 45.3 Å². The molecule has 4 atom stereocenters. The molecule has 0 aromatic heterocycles. The highest BCUT2D eigenvalue weighted by molar-refractivity contribution is 6.38. The predicted molar refractivity (Wildman–Crippen MR) is 152 cm³/mol. The van der Waals surface area contributed by atoms with E-state index in [0.717, 1.165) is 25.7 Å². The highest BCUT2D eigenvalue weighted by atomic mass is 35.5. The number of carbonyl (C=O) groups is 3. The van der Waals surface area contributed by atoms with Gasteiger partial charge < -0.3 is 15.3 Å². The number of amides is 2. The number of anilines is 2. The minimum Gasteiger partial charge on any atom is -0.481 e. The third-order valence-electron chi connectivity index (χ3n) is 8.93. The van der Waals surface area contributed by atoms with Gasteiger partial charge in [-0.15, -0.1) is 0 Å². The van der Waals surface area contributed by atoms with Crippen molar-refractivity contribution in [3.8, 4) is 0 Å². The molecule has 2 aromatic rings. The largest absolute Gasteiger partial charge is 0.481 e. The summed E-state index contributed by atoms with van der Waals surface area (Å²) in [7, 11) is 0. The lowest BCUT2D eigenvalue weighted by atomic mass is 9.73. The normalized spacial score (nSPS) is 28.6. The average molecular weight is 647 g/mol. The molecule has 0 bridgehead atoms. The van der Waals surface area contributed by atoms with E-state index in [-0.39, 0.29) is 43.8 Å². The molecule has 0 radical (unpaired) electrons. The summed E-state index contributed by atoms with van der Waals surface area (Å²) in [5.74, 6) is -9.37. The van der Waals surface area contributed by atoms with Crippen LogP contribution in [-0.4, -0.2) is 52.8 Å². The first kappa shape index (κ1) is 28.9. The van der Waals surface area contributed by atoms with Gasteiger partial charge in [-0.05, 0) is 49.1 Å². The van der Waals surface area contributed by atoms with Crippen LogP contribution in [0.3, 0.4) is 0 Å². The quantitative estimate of drug-likeness (QED) is 0.377. The van der Waals surface area contributed by atoms with Crippen molar-refractivity contribution in [2.24, 2.45) is 17.8 Å². The van der Waals surface area contributed by atoms with Gasteiger partial charge in [0.1, 0.15) is 11.5 Å². The maximum absolute atomic E-state index is 15.2. The second-order valence-electron chi connectivity index (χ2n) is 11.4. The zero-order valence-corrected chi connectivity index (χ0v) is 24.5. The topological polar surface area (TPSA) is 90.0 Å². The van der Waals surface area contributed by atoms with Crippen molar-refractivity contribution in [1.29, 1.82) is 0 Å². The lowest BCUT2D eigenvalue weighted by molar-refractivity contribution is -0.153. The van der Waals surface area contributed by atoms with Crippen LogP contribution in [0.25, 0.3) is 0 Å². The van der Waals surface area contributed by atoms with Crippen LogP contribution in [0.15, 0.2) is 30.3 Å². The first-order valence-electron chi connectivity index (χ1n) is 13.3. The summed E-state index contributed by atoms with van der Waals surface area (Å²) < 4.78 is 30.3. The van der Waals surface area contributed by atoms with Gasteiger partial charge in [-0.25, -0.2) is 8.78 Å².